The summed E-state index contributed by atoms with van der Waals surface area (Å²) in [6.07, 6.45) is 3.61. The molecule has 0 N–H and O–H groups in total. The molecule has 3 heteroatoms. The Morgan fingerprint density at radius 1 is 0.952 bits per heavy atom. The van der Waals surface area contributed by atoms with Gasteiger partial charge in [-0.25, -0.2) is 0 Å². The molecule has 1 aromatic heterocycles. The van der Waals surface area contributed by atoms with Gasteiger partial charge in [0.15, 0.2) is 11.6 Å². The van der Waals surface area contributed by atoms with E-state index in [1.807, 2.05) is 13.0 Å². The molecule has 0 atom stereocenters. The maximum Gasteiger partial charge on any atom is 0.196 e. The standard InChI is InChI=1S/C18H13NO2/c1-9-5-11-7-14-16(13(11)6-10(9)2)18(21)15-8-19-4-3-12(15)17(14)20/h3-6,8H,7H2,1-2H3. The number of aryl methyl sites for hydroxylation is 2. The van der Waals surface area contributed by atoms with Gasteiger partial charge in [0.05, 0.1) is 5.56 Å². The first-order valence-electron chi connectivity index (χ1n) is 6.95. The second kappa shape index (κ2) is 3.98. The van der Waals surface area contributed by atoms with E-state index in [9.17, 15) is 9.59 Å². The molecular formula is C18H13NO2. The largest absolute Gasteiger partial charge is 0.289 e. The van der Waals surface area contributed by atoms with Gasteiger partial charge in [-0.05, 0) is 42.2 Å². The molecule has 0 fully saturated rings. The van der Waals surface area contributed by atoms with E-state index in [-0.39, 0.29) is 11.6 Å². The van der Waals surface area contributed by atoms with E-state index in [2.05, 4.69) is 18.0 Å². The monoisotopic (exact) mass is 275 g/mol. The molecule has 0 bridgehead atoms. The van der Waals surface area contributed by atoms with Crippen LogP contribution in [0.25, 0.3) is 5.57 Å². The smallest absolute Gasteiger partial charge is 0.196 e. The van der Waals surface area contributed by atoms with Crippen LogP contribution < -0.4 is 0 Å². The molecule has 4 rings (SSSR count). The van der Waals surface area contributed by atoms with Crippen molar-refractivity contribution in [1.29, 1.82) is 0 Å². The van der Waals surface area contributed by atoms with Gasteiger partial charge in [-0.3, -0.25) is 14.6 Å². The first-order chi connectivity index (χ1) is 10.1. The van der Waals surface area contributed by atoms with E-state index in [4.69, 9.17) is 0 Å². The van der Waals surface area contributed by atoms with Crippen molar-refractivity contribution in [2.24, 2.45) is 0 Å². The first-order valence-corrected chi connectivity index (χ1v) is 6.95. The highest BCUT2D eigenvalue weighted by atomic mass is 16.1. The molecule has 102 valence electrons. The van der Waals surface area contributed by atoms with Crippen molar-refractivity contribution in [2.75, 3.05) is 0 Å². The van der Waals surface area contributed by atoms with Crippen LogP contribution in [-0.4, -0.2) is 16.6 Å². The average molecular weight is 275 g/mol. The second-order valence-corrected chi connectivity index (χ2v) is 5.70. The zero-order valence-electron chi connectivity index (χ0n) is 11.9. The highest BCUT2D eigenvalue weighted by molar-refractivity contribution is 6.41. The quantitative estimate of drug-likeness (QED) is 0.742. The highest BCUT2D eigenvalue weighted by Gasteiger charge is 2.37. The van der Waals surface area contributed by atoms with Gasteiger partial charge >= 0.3 is 0 Å². The van der Waals surface area contributed by atoms with Crippen LogP contribution in [0.15, 0.2) is 36.2 Å². The summed E-state index contributed by atoms with van der Waals surface area (Å²) in [5, 5.41) is 0. The van der Waals surface area contributed by atoms with Crippen LogP contribution in [0, 0.1) is 13.8 Å². The molecule has 2 aliphatic carbocycles. The van der Waals surface area contributed by atoms with Crippen molar-refractivity contribution >= 4 is 17.1 Å². The molecule has 3 nitrogen and oxygen atoms in total. The lowest BCUT2D eigenvalue weighted by Crippen LogP contribution is -2.19. The Hall–Kier alpha value is -2.55. The van der Waals surface area contributed by atoms with Crippen molar-refractivity contribution in [2.45, 2.75) is 20.3 Å². The van der Waals surface area contributed by atoms with Crippen molar-refractivity contribution in [3.63, 3.8) is 0 Å². The van der Waals surface area contributed by atoms with Crippen molar-refractivity contribution < 1.29 is 9.59 Å². The minimum absolute atomic E-state index is 0.0338. The Balaban J connectivity index is 1.98. The molecule has 2 aliphatic rings. The minimum atomic E-state index is -0.0743. The number of fused-ring (bicyclic) bond motifs is 3. The number of benzene rings is 1. The summed E-state index contributed by atoms with van der Waals surface area (Å²) in [4.78, 5) is 29.4. The van der Waals surface area contributed by atoms with Gasteiger partial charge in [-0.1, -0.05) is 12.1 Å². The Morgan fingerprint density at radius 2 is 1.71 bits per heavy atom. The van der Waals surface area contributed by atoms with Gasteiger partial charge in [0.2, 0.25) is 0 Å². The van der Waals surface area contributed by atoms with Gasteiger partial charge in [0.1, 0.15) is 0 Å². The number of Topliss-reactive ketones (excluding diaryl/α,β-unsaturated/α-hetero) is 2. The number of rotatable bonds is 0. The number of allylic oxidation sites excluding steroid dienone is 2. The molecule has 21 heavy (non-hydrogen) atoms. The predicted octanol–water partition coefficient (Wildman–Crippen LogP) is 3.09. The Morgan fingerprint density at radius 3 is 2.52 bits per heavy atom. The molecule has 1 aromatic carbocycles. The number of carbonyl (C=O) groups is 2. The zero-order chi connectivity index (χ0) is 14.7. The van der Waals surface area contributed by atoms with Crippen molar-refractivity contribution in [3.8, 4) is 0 Å². The lowest BCUT2D eigenvalue weighted by molar-refractivity contribution is 0.0991. The topological polar surface area (TPSA) is 47.0 Å². The van der Waals surface area contributed by atoms with Gasteiger partial charge in [0.25, 0.3) is 0 Å². The average Bonchev–Trinajstić information content (AvgIpc) is 2.84. The van der Waals surface area contributed by atoms with E-state index in [1.165, 1.54) is 11.8 Å². The fourth-order valence-corrected chi connectivity index (χ4v) is 3.22. The number of pyridine rings is 1. The second-order valence-electron chi connectivity index (χ2n) is 5.70. The zero-order valence-corrected chi connectivity index (χ0v) is 11.9. The normalized spacial score (nSPS) is 15.9. The minimum Gasteiger partial charge on any atom is -0.289 e. The van der Waals surface area contributed by atoms with Crippen molar-refractivity contribution in [3.05, 3.63) is 69.5 Å². The fraction of sp³-hybridized carbons (Fsp3) is 0.167. The van der Waals surface area contributed by atoms with Crippen LogP contribution in [-0.2, 0) is 6.42 Å². The van der Waals surface area contributed by atoms with Gasteiger partial charge in [-0.15, -0.1) is 0 Å². The number of hydrogen-bond donors (Lipinski definition) is 0. The molecule has 0 radical (unpaired) electrons. The van der Waals surface area contributed by atoms with Crippen LogP contribution in [0.2, 0.25) is 0 Å². The van der Waals surface area contributed by atoms with E-state index in [0.717, 1.165) is 16.7 Å². The van der Waals surface area contributed by atoms with Crippen molar-refractivity contribution in [1.82, 2.24) is 4.98 Å². The van der Waals surface area contributed by atoms with Crippen LogP contribution in [0.1, 0.15) is 43.0 Å². The summed E-state index contributed by atoms with van der Waals surface area (Å²) >= 11 is 0. The highest BCUT2D eigenvalue weighted by Crippen LogP contribution is 2.41. The molecule has 0 amide bonds. The summed E-state index contributed by atoms with van der Waals surface area (Å²) < 4.78 is 0. The number of carbonyl (C=O) groups excluding carboxylic acids is 2. The van der Waals surface area contributed by atoms with E-state index in [1.54, 1.807) is 12.3 Å². The van der Waals surface area contributed by atoms with Gasteiger partial charge in [0, 0.05) is 35.5 Å². The summed E-state index contributed by atoms with van der Waals surface area (Å²) in [5.41, 5.74) is 6.44. The number of aromatic nitrogens is 1. The molecule has 0 unspecified atom stereocenters. The third-order valence-electron chi connectivity index (χ3n) is 4.47. The van der Waals surface area contributed by atoms with E-state index < -0.39 is 0 Å². The van der Waals surface area contributed by atoms with Crippen LogP contribution >= 0.6 is 0 Å². The van der Waals surface area contributed by atoms with Crippen LogP contribution in [0.5, 0.6) is 0 Å². The third-order valence-corrected chi connectivity index (χ3v) is 4.47. The summed E-state index contributed by atoms with van der Waals surface area (Å²) in [7, 11) is 0. The summed E-state index contributed by atoms with van der Waals surface area (Å²) in [5.74, 6) is -0.108. The number of nitrogens with zero attached hydrogens (tertiary/aromatic N) is 1. The van der Waals surface area contributed by atoms with Crippen LogP contribution in [0.3, 0.4) is 0 Å². The third kappa shape index (κ3) is 1.51. The van der Waals surface area contributed by atoms with Gasteiger partial charge in [-0.2, -0.15) is 0 Å². The molecule has 2 aromatic rings. The van der Waals surface area contributed by atoms with E-state index in [0.29, 0.717) is 28.7 Å². The fourth-order valence-electron chi connectivity index (χ4n) is 3.22. The lowest BCUT2D eigenvalue weighted by atomic mass is 9.85. The number of ketones is 2. The SMILES string of the molecule is Cc1cc2c(cc1C)C1=C(C2)C(=O)c2ccncc2C1=O. The summed E-state index contributed by atoms with van der Waals surface area (Å²) in [6, 6.07) is 5.75. The van der Waals surface area contributed by atoms with Crippen LogP contribution in [0.4, 0.5) is 0 Å². The molecule has 0 saturated heterocycles. The first kappa shape index (κ1) is 12.2. The predicted molar refractivity (Wildman–Crippen MR) is 79.4 cm³/mol. The Labute approximate surface area is 122 Å². The molecule has 1 heterocycles. The maximum absolute atomic E-state index is 12.8. The Kier molecular flexibility index (Phi) is 2.31. The summed E-state index contributed by atoms with van der Waals surface area (Å²) in [6.45, 7) is 4.08. The van der Waals surface area contributed by atoms with Gasteiger partial charge < -0.3 is 0 Å². The molecule has 0 saturated carbocycles. The molecule has 0 spiro atoms. The molecule has 0 aliphatic heterocycles. The maximum atomic E-state index is 12.8. The Bertz CT molecular complexity index is 875. The lowest BCUT2D eigenvalue weighted by Gasteiger charge is -2.16. The molecular weight excluding hydrogens is 262 g/mol. The van der Waals surface area contributed by atoms with E-state index >= 15 is 0 Å². The number of hydrogen-bond acceptors (Lipinski definition) is 3.